The summed E-state index contributed by atoms with van der Waals surface area (Å²) in [6.45, 7) is 1.10. The Labute approximate surface area is 150 Å². The highest BCUT2D eigenvalue weighted by molar-refractivity contribution is 5.93. The number of nitrogens with zero attached hydrogens (tertiary/aromatic N) is 2. The van der Waals surface area contributed by atoms with Gasteiger partial charge in [0, 0.05) is 23.7 Å². The molecule has 2 aromatic rings. The molecule has 0 N–H and O–H groups in total. The predicted molar refractivity (Wildman–Crippen MR) is 103 cm³/mol. The summed E-state index contributed by atoms with van der Waals surface area (Å²) >= 11 is 0. The molecular formula is C19H24Cl2N2. The molecule has 2 aliphatic rings. The minimum Gasteiger partial charge on any atom is -0.305 e. The molecule has 4 rings (SSSR count). The van der Waals surface area contributed by atoms with Gasteiger partial charge in [0.1, 0.15) is 0 Å². The van der Waals surface area contributed by atoms with Gasteiger partial charge in [-0.3, -0.25) is 4.98 Å². The van der Waals surface area contributed by atoms with Gasteiger partial charge in [0.25, 0.3) is 0 Å². The van der Waals surface area contributed by atoms with Crippen LogP contribution >= 0.6 is 24.8 Å². The lowest BCUT2D eigenvalue weighted by Crippen LogP contribution is -2.19. The van der Waals surface area contributed by atoms with E-state index in [2.05, 4.69) is 48.2 Å². The number of para-hydroxylation sites is 1. The molecule has 1 aromatic heterocycles. The van der Waals surface area contributed by atoms with Gasteiger partial charge in [0.15, 0.2) is 0 Å². The third kappa shape index (κ3) is 3.13. The molecule has 2 atom stereocenters. The minimum atomic E-state index is 0. The Morgan fingerprint density at radius 1 is 1.04 bits per heavy atom. The zero-order valence-corrected chi connectivity index (χ0v) is 15.3. The van der Waals surface area contributed by atoms with Gasteiger partial charge < -0.3 is 4.90 Å². The van der Waals surface area contributed by atoms with E-state index in [9.17, 15) is 0 Å². The lowest BCUT2D eigenvalue weighted by molar-refractivity contribution is 0.423. The van der Waals surface area contributed by atoms with Crippen LogP contribution in [0, 0.1) is 11.8 Å². The first-order valence-corrected chi connectivity index (χ1v) is 7.96. The number of allylic oxidation sites excluding steroid dienone is 1. The van der Waals surface area contributed by atoms with Crippen LogP contribution in [0.25, 0.3) is 16.5 Å². The standard InChI is InChI=1S/C19H22N2.2ClH/c1-21(2)12-17-14-8-9-15(11-14)18(17)16-7-3-5-13-6-4-10-20-19(13)16;;/h3-7,10,14-15H,8-9,11-12H2,1-2H3;2*1H. The van der Waals surface area contributed by atoms with Crippen LogP contribution < -0.4 is 0 Å². The van der Waals surface area contributed by atoms with Crippen LogP contribution in [-0.4, -0.2) is 30.5 Å². The first-order valence-electron chi connectivity index (χ1n) is 7.96. The molecule has 0 radical (unpaired) electrons. The Kier molecular flexibility index (Phi) is 5.72. The van der Waals surface area contributed by atoms with Crippen molar-refractivity contribution in [2.45, 2.75) is 19.3 Å². The van der Waals surface area contributed by atoms with E-state index in [1.54, 1.807) is 11.1 Å². The van der Waals surface area contributed by atoms with Crippen LogP contribution in [0.5, 0.6) is 0 Å². The quantitative estimate of drug-likeness (QED) is 0.788. The van der Waals surface area contributed by atoms with Crippen LogP contribution in [0.2, 0.25) is 0 Å². The highest BCUT2D eigenvalue weighted by atomic mass is 35.5. The highest BCUT2D eigenvalue weighted by Crippen LogP contribution is 2.53. The van der Waals surface area contributed by atoms with Crippen molar-refractivity contribution in [3.05, 3.63) is 47.7 Å². The molecule has 23 heavy (non-hydrogen) atoms. The van der Waals surface area contributed by atoms with E-state index in [-0.39, 0.29) is 24.8 Å². The average molecular weight is 351 g/mol. The molecule has 1 heterocycles. The van der Waals surface area contributed by atoms with E-state index in [0.717, 1.165) is 18.4 Å². The third-order valence-electron chi connectivity index (χ3n) is 5.09. The topological polar surface area (TPSA) is 16.1 Å². The maximum absolute atomic E-state index is 4.68. The molecule has 124 valence electrons. The molecule has 2 bridgehead atoms. The fourth-order valence-electron chi connectivity index (χ4n) is 4.31. The summed E-state index contributed by atoms with van der Waals surface area (Å²) in [5, 5.41) is 1.26. The van der Waals surface area contributed by atoms with Crippen molar-refractivity contribution in [1.82, 2.24) is 9.88 Å². The maximum atomic E-state index is 4.68. The SMILES string of the molecule is CN(C)CC1=C(c2cccc3cccnc23)C2CCC1C2.Cl.Cl. The van der Waals surface area contributed by atoms with Gasteiger partial charge in [-0.15, -0.1) is 24.8 Å². The number of hydrogen-bond donors (Lipinski definition) is 0. The Balaban J connectivity index is 0.000000960. The molecule has 1 aromatic carbocycles. The molecule has 2 nitrogen and oxygen atoms in total. The minimum absolute atomic E-state index is 0. The molecule has 2 aliphatic carbocycles. The van der Waals surface area contributed by atoms with E-state index in [1.165, 1.54) is 35.7 Å². The zero-order chi connectivity index (χ0) is 14.4. The largest absolute Gasteiger partial charge is 0.305 e. The number of benzene rings is 1. The number of hydrogen-bond acceptors (Lipinski definition) is 2. The Morgan fingerprint density at radius 3 is 2.57 bits per heavy atom. The van der Waals surface area contributed by atoms with Gasteiger partial charge >= 0.3 is 0 Å². The van der Waals surface area contributed by atoms with Crippen LogP contribution in [0.4, 0.5) is 0 Å². The molecular weight excluding hydrogens is 327 g/mol. The summed E-state index contributed by atoms with van der Waals surface area (Å²) in [6, 6.07) is 10.8. The Hall–Kier alpha value is -1.09. The van der Waals surface area contributed by atoms with E-state index in [0.29, 0.717) is 0 Å². The molecule has 0 aliphatic heterocycles. The molecule has 0 amide bonds. The molecule has 1 saturated carbocycles. The summed E-state index contributed by atoms with van der Waals surface area (Å²) in [5.41, 5.74) is 5.86. The zero-order valence-electron chi connectivity index (χ0n) is 13.7. The fourth-order valence-corrected chi connectivity index (χ4v) is 4.31. The van der Waals surface area contributed by atoms with Gasteiger partial charge in [-0.05, 0) is 62.4 Å². The number of aromatic nitrogens is 1. The summed E-state index contributed by atoms with van der Waals surface area (Å²) in [4.78, 5) is 6.99. The van der Waals surface area contributed by atoms with Crippen LogP contribution in [0.1, 0.15) is 24.8 Å². The van der Waals surface area contributed by atoms with Gasteiger partial charge in [-0.2, -0.15) is 0 Å². The third-order valence-corrected chi connectivity index (χ3v) is 5.09. The lowest BCUT2D eigenvalue weighted by atomic mass is 9.86. The van der Waals surface area contributed by atoms with Gasteiger partial charge in [-0.1, -0.05) is 24.3 Å². The fraction of sp³-hybridized carbons (Fsp3) is 0.421. The highest BCUT2D eigenvalue weighted by Gasteiger charge is 2.39. The van der Waals surface area contributed by atoms with E-state index in [1.807, 2.05) is 12.3 Å². The van der Waals surface area contributed by atoms with Crippen molar-refractivity contribution in [3.8, 4) is 0 Å². The summed E-state index contributed by atoms with van der Waals surface area (Å²) in [5.74, 6) is 1.57. The number of rotatable bonds is 3. The van der Waals surface area contributed by atoms with Gasteiger partial charge in [0.05, 0.1) is 5.52 Å². The van der Waals surface area contributed by atoms with Gasteiger partial charge in [0.2, 0.25) is 0 Å². The number of halogens is 2. The normalized spacial score (nSPS) is 22.4. The van der Waals surface area contributed by atoms with Crippen LogP contribution in [-0.2, 0) is 0 Å². The maximum Gasteiger partial charge on any atom is 0.0777 e. The lowest BCUT2D eigenvalue weighted by Gasteiger charge is -2.23. The second-order valence-electron chi connectivity index (χ2n) is 6.76. The monoisotopic (exact) mass is 350 g/mol. The van der Waals surface area contributed by atoms with Crippen molar-refractivity contribution in [1.29, 1.82) is 0 Å². The first kappa shape index (κ1) is 18.3. The van der Waals surface area contributed by atoms with E-state index in [4.69, 9.17) is 0 Å². The summed E-state index contributed by atoms with van der Waals surface area (Å²) in [7, 11) is 4.36. The van der Waals surface area contributed by atoms with Crippen molar-refractivity contribution in [3.63, 3.8) is 0 Å². The van der Waals surface area contributed by atoms with Crippen molar-refractivity contribution < 1.29 is 0 Å². The average Bonchev–Trinajstić information content (AvgIpc) is 3.07. The molecule has 2 unspecified atom stereocenters. The number of pyridine rings is 1. The summed E-state index contributed by atoms with van der Waals surface area (Å²) in [6.07, 6.45) is 6.03. The van der Waals surface area contributed by atoms with Crippen molar-refractivity contribution in [2.24, 2.45) is 11.8 Å². The Morgan fingerprint density at radius 2 is 1.78 bits per heavy atom. The molecule has 0 saturated heterocycles. The van der Waals surface area contributed by atoms with Gasteiger partial charge in [-0.25, -0.2) is 0 Å². The van der Waals surface area contributed by atoms with E-state index < -0.39 is 0 Å². The number of likely N-dealkylation sites (N-methyl/N-ethyl adjacent to an activating group) is 1. The van der Waals surface area contributed by atoms with Crippen molar-refractivity contribution >= 4 is 41.3 Å². The predicted octanol–water partition coefficient (Wildman–Crippen LogP) is 4.82. The van der Waals surface area contributed by atoms with Crippen LogP contribution in [0.3, 0.4) is 0 Å². The van der Waals surface area contributed by atoms with Crippen molar-refractivity contribution in [2.75, 3.05) is 20.6 Å². The molecule has 1 fully saturated rings. The first-order chi connectivity index (χ1) is 10.2. The molecule has 0 spiro atoms. The molecule has 4 heteroatoms. The van der Waals surface area contributed by atoms with E-state index >= 15 is 0 Å². The summed E-state index contributed by atoms with van der Waals surface area (Å²) < 4.78 is 0. The van der Waals surface area contributed by atoms with Crippen LogP contribution in [0.15, 0.2) is 42.1 Å². The number of fused-ring (bicyclic) bond motifs is 3. The smallest absolute Gasteiger partial charge is 0.0777 e. The second-order valence-corrected chi connectivity index (χ2v) is 6.76. The second kappa shape index (κ2) is 7.21. The Bertz CT molecular complexity index is 719.